The fourth-order valence-electron chi connectivity index (χ4n) is 3.14. The molecular weight excluding hydrogens is 414 g/mol. The fourth-order valence-corrected chi connectivity index (χ4v) is 4.17. The number of rotatable bonds is 5. The highest BCUT2D eigenvalue weighted by Crippen LogP contribution is 2.28. The molecule has 0 aliphatic carbocycles. The summed E-state index contributed by atoms with van der Waals surface area (Å²) in [5, 5.41) is 3.14. The number of carbonyl (C=O) groups excluding carboxylic acids is 2. The van der Waals surface area contributed by atoms with Crippen LogP contribution >= 0.6 is 11.3 Å². The van der Waals surface area contributed by atoms with Gasteiger partial charge in [0.15, 0.2) is 0 Å². The summed E-state index contributed by atoms with van der Waals surface area (Å²) in [6.07, 6.45) is 1.07. The molecule has 0 aliphatic heterocycles. The van der Waals surface area contributed by atoms with Crippen molar-refractivity contribution in [3.63, 3.8) is 0 Å². The summed E-state index contributed by atoms with van der Waals surface area (Å²) in [6.45, 7) is 11.4. The maximum atomic E-state index is 12.9. The summed E-state index contributed by atoms with van der Waals surface area (Å²) >= 11 is 1.12. The van der Waals surface area contributed by atoms with Gasteiger partial charge in [-0.1, -0.05) is 32.9 Å². The van der Waals surface area contributed by atoms with Crippen molar-refractivity contribution in [3.05, 3.63) is 57.0 Å². The minimum absolute atomic E-state index is 0.0236. The molecule has 3 rings (SSSR count). The van der Waals surface area contributed by atoms with Crippen LogP contribution in [-0.4, -0.2) is 27.5 Å². The number of fused-ring (bicyclic) bond motifs is 1. The predicted octanol–water partition coefficient (Wildman–Crippen LogP) is 4.27. The van der Waals surface area contributed by atoms with Gasteiger partial charge in [0.1, 0.15) is 16.3 Å². The van der Waals surface area contributed by atoms with Crippen LogP contribution in [0.5, 0.6) is 0 Å². The van der Waals surface area contributed by atoms with Crippen LogP contribution in [0.3, 0.4) is 0 Å². The number of thiophene rings is 1. The Bertz CT molecular complexity index is 1180. The first-order valence-corrected chi connectivity index (χ1v) is 10.9. The maximum absolute atomic E-state index is 12.9. The summed E-state index contributed by atoms with van der Waals surface area (Å²) in [7, 11) is 0. The minimum Gasteiger partial charge on any atom is -0.459 e. The van der Waals surface area contributed by atoms with E-state index in [-0.39, 0.29) is 29.5 Å². The van der Waals surface area contributed by atoms with E-state index in [1.807, 2.05) is 24.3 Å². The van der Waals surface area contributed by atoms with Crippen molar-refractivity contribution in [1.29, 1.82) is 0 Å². The molecule has 0 bridgehead atoms. The van der Waals surface area contributed by atoms with E-state index in [1.165, 1.54) is 10.9 Å². The molecule has 0 aliphatic rings. The normalized spacial score (nSPS) is 11.7. The summed E-state index contributed by atoms with van der Waals surface area (Å²) in [4.78, 5) is 42.8. The molecule has 164 valence electrons. The molecule has 8 heteroatoms. The lowest BCUT2D eigenvalue weighted by Crippen LogP contribution is -2.28. The molecule has 1 aromatic carbocycles. The molecule has 0 atom stereocenters. The third-order valence-electron chi connectivity index (χ3n) is 4.79. The number of ether oxygens (including phenoxy) is 1. The molecular formula is C23H27N3O4S. The monoisotopic (exact) mass is 441 g/mol. The Kier molecular flexibility index (Phi) is 6.31. The number of aryl methyl sites for hydroxylation is 1. The molecule has 7 nitrogen and oxygen atoms in total. The quantitative estimate of drug-likeness (QED) is 0.597. The number of anilines is 1. The molecule has 0 radical (unpaired) electrons. The van der Waals surface area contributed by atoms with Crippen LogP contribution in [0, 0.1) is 6.92 Å². The summed E-state index contributed by atoms with van der Waals surface area (Å²) in [5.74, 6) is -0.808. The third kappa shape index (κ3) is 5.02. The number of nitrogens with one attached hydrogen (secondary N) is 1. The van der Waals surface area contributed by atoms with Gasteiger partial charge < -0.3 is 10.1 Å². The summed E-state index contributed by atoms with van der Waals surface area (Å²) in [6, 6.07) is 7.64. The average molecular weight is 442 g/mol. The number of nitrogens with zero attached hydrogens (tertiary/aromatic N) is 2. The highest BCUT2D eigenvalue weighted by atomic mass is 32.1. The van der Waals surface area contributed by atoms with Gasteiger partial charge in [0.25, 0.3) is 5.56 Å². The third-order valence-corrected chi connectivity index (χ3v) is 5.97. The largest absolute Gasteiger partial charge is 0.459 e. The van der Waals surface area contributed by atoms with Crippen molar-refractivity contribution in [1.82, 2.24) is 9.55 Å². The number of hydrogen-bond acceptors (Lipinski definition) is 6. The zero-order valence-electron chi connectivity index (χ0n) is 18.6. The molecule has 3 aromatic rings. The van der Waals surface area contributed by atoms with Crippen LogP contribution in [-0.2, 0) is 21.5 Å². The topological polar surface area (TPSA) is 90.3 Å². The van der Waals surface area contributed by atoms with Gasteiger partial charge in [-0.3, -0.25) is 14.2 Å². The number of esters is 1. The molecule has 1 N–H and O–H groups in total. The van der Waals surface area contributed by atoms with Gasteiger partial charge in [-0.2, -0.15) is 0 Å². The molecule has 0 saturated carbocycles. The number of carbonyl (C=O) groups is 2. The second-order valence-electron chi connectivity index (χ2n) is 8.74. The van der Waals surface area contributed by atoms with Crippen molar-refractivity contribution in [2.45, 2.75) is 59.6 Å². The Morgan fingerprint density at radius 2 is 1.84 bits per heavy atom. The van der Waals surface area contributed by atoms with E-state index in [0.29, 0.717) is 26.3 Å². The van der Waals surface area contributed by atoms with Crippen molar-refractivity contribution in [2.75, 3.05) is 5.32 Å². The van der Waals surface area contributed by atoms with Crippen LogP contribution in [0.2, 0.25) is 0 Å². The summed E-state index contributed by atoms with van der Waals surface area (Å²) < 4.78 is 6.50. The lowest BCUT2D eigenvalue weighted by Gasteiger charge is -2.19. The lowest BCUT2D eigenvalue weighted by molar-refractivity contribution is -0.116. The van der Waals surface area contributed by atoms with Crippen molar-refractivity contribution in [2.24, 2.45) is 0 Å². The number of hydrogen-bond donors (Lipinski definition) is 1. The summed E-state index contributed by atoms with van der Waals surface area (Å²) in [5.41, 5.74) is 2.01. The molecule has 2 aromatic heterocycles. The van der Waals surface area contributed by atoms with E-state index in [2.05, 4.69) is 31.1 Å². The van der Waals surface area contributed by atoms with E-state index in [1.54, 1.807) is 20.8 Å². The molecule has 0 unspecified atom stereocenters. The smallest absolute Gasteiger partial charge is 0.348 e. The molecule has 0 spiro atoms. The SMILES string of the molecule is Cc1c(C(=O)OC(C)C)sc2ncn(CC(=O)Nc3ccc(C(C)(C)C)cc3)c(=O)c12. The van der Waals surface area contributed by atoms with Crippen molar-refractivity contribution >= 4 is 39.1 Å². The Balaban J connectivity index is 1.81. The van der Waals surface area contributed by atoms with E-state index < -0.39 is 5.97 Å². The van der Waals surface area contributed by atoms with Gasteiger partial charge in [-0.15, -0.1) is 11.3 Å². The predicted molar refractivity (Wildman–Crippen MR) is 123 cm³/mol. The highest BCUT2D eigenvalue weighted by Gasteiger charge is 2.22. The van der Waals surface area contributed by atoms with Crippen LogP contribution < -0.4 is 10.9 Å². The van der Waals surface area contributed by atoms with Crippen LogP contribution in [0.15, 0.2) is 35.4 Å². The molecule has 1 amide bonds. The Hall–Kier alpha value is -3.00. The highest BCUT2D eigenvalue weighted by molar-refractivity contribution is 7.20. The molecule has 31 heavy (non-hydrogen) atoms. The Labute approximate surface area is 185 Å². The first-order chi connectivity index (χ1) is 14.5. The van der Waals surface area contributed by atoms with E-state index in [4.69, 9.17) is 4.74 Å². The van der Waals surface area contributed by atoms with Crippen LogP contribution in [0.4, 0.5) is 5.69 Å². The van der Waals surface area contributed by atoms with Gasteiger partial charge in [-0.25, -0.2) is 9.78 Å². The van der Waals surface area contributed by atoms with E-state index >= 15 is 0 Å². The lowest BCUT2D eigenvalue weighted by atomic mass is 9.87. The standard InChI is InChI=1S/C23H27N3O4S/c1-13(2)30-22(29)19-14(3)18-20(31-19)24-12-26(21(18)28)11-17(27)25-16-9-7-15(8-10-16)23(4,5)6/h7-10,12-13H,11H2,1-6H3,(H,25,27). The van der Waals surface area contributed by atoms with Gasteiger partial charge in [0.2, 0.25) is 5.91 Å². The Morgan fingerprint density at radius 1 is 1.19 bits per heavy atom. The number of amides is 1. The maximum Gasteiger partial charge on any atom is 0.348 e. The zero-order chi connectivity index (χ0) is 22.9. The van der Waals surface area contributed by atoms with Crippen molar-refractivity contribution < 1.29 is 14.3 Å². The van der Waals surface area contributed by atoms with Crippen molar-refractivity contribution in [3.8, 4) is 0 Å². The van der Waals surface area contributed by atoms with E-state index in [9.17, 15) is 14.4 Å². The van der Waals surface area contributed by atoms with Crippen LogP contribution in [0.25, 0.3) is 10.2 Å². The second-order valence-corrected chi connectivity index (χ2v) is 9.74. The van der Waals surface area contributed by atoms with Gasteiger partial charge in [-0.05, 0) is 49.4 Å². The first kappa shape index (κ1) is 22.7. The van der Waals surface area contributed by atoms with Gasteiger partial charge in [0, 0.05) is 5.69 Å². The average Bonchev–Trinajstić information content (AvgIpc) is 3.00. The second kappa shape index (κ2) is 8.63. The van der Waals surface area contributed by atoms with Gasteiger partial charge >= 0.3 is 5.97 Å². The number of benzene rings is 1. The molecule has 0 saturated heterocycles. The first-order valence-electron chi connectivity index (χ1n) is 10.1. The van der Waals surface area contributed by atoms with Gasteiger partial charge in [0.05, 0.1) is 17.8 Å². The fraction of sp³-hybridized carbons (Fsp3) is 0.391. The minimum atomic E-state index is -0.474. The number of aromatic nitrogens is 2. The van der Waals surface area contributed by atoms with E-state index in [0.717, 1.165) is 16.9 Å². The molecule has 2 heterocycles. The van der Waals surface area contributed by atoms with Crippen LogP contribution in [0.1, 0.15) is 55.4 Å². The Morgan fingerprint density at radius 3 is 2.42 bits per heavy atom. The molecule has 0 fully saturated rings. The zero-order valence-corrected chi connectivity index (χ0v) is 19.4.